The Hall–Kier alpha value is -0.430. The first-order valence-electron chi connectivity index (χ1n) is 6.70. The van der Waals surface area contributed by atoms with E-state index in [1.54, 1.807) is 5.92 Å². The minimum atomic E-state index is -4.49. The standard InChI is InChI=1S/C13H23F2O3P/c1-4-7-8-9-10-11-12-13(14,15)19(16,17-5-2)18-6-3/h4-10H2,1-3H3. The largest absolute Gasteiger partial charge is 0.412 e. The Kier molecular flexibility index (Phi) is 9.26. The molecule has 0 aliphatic carbocycles. The fourth-order valence-electron chi connectivity index (χ4n) is 1.42. The molecule has 3 nitrogen and oxygen atoms in total. The first kappa shape index (κ1) is 18.6. The minimum Gasteiger partial charge on any atom is -0.304 e. The van der Waals surface area contributed by atoms with E-state index >= 15 is 0 Å². The second-order valence-electron chi connectivity index (χ2n) is 3.99. The minimum absolute atomic E-state index is 0.106. The van der Waals surface area contributed by atoms with Crippen LogP contribution in [0.2, 0.25) is 0 Å². The summed E-state index contributed by atoms with van der Waals surface area (Å²) >= 11 is 0. The van der Waals surface area contributed by atoms with E-state index in [0.29, 0.717) is 6.42 Å². The average molecular weight is 296 g/mol. The number of halogens is 2. The third kappa shape index (κ3) is 6.51. The smallest absolute Gasteiger partial charge is 0.304 e. The van der Waals surface area contributed by atoms with Crippen molar-refractivity contribution in [1.29, 1.82) is 0 Å². The summed E-state index contributed by atoms with van der Waals surface area (Å²) < 4.78 is 48.6. The number of unbranched alkanes of at least 4 members (excludes halogenated alkanes) is 4. The molecule has 0 unspecified atom stereocenters. The monoisotopic (exact) mass is 296 g/mol. The van der Waals surface area contributed by atoms with Gasteiger partial charge in [0, 0.05) is 6.42 Å². The molecule has 0 amide bonds. The van der Waals surface area contributed by atoms with Crippen LogP contribution < -0.4 is 0 Å². The van der Waals surface area contributed by atoms with Crippen molar-refractivity contribution in [2.24, 2.45) is 0 Å². The molecule has 0 aliphatic heterocycles. The zero-order valence-corrected chi connectivity index (χ0v) is 12.8. The van der Waals surface area contributed by atoms with Crippen molar-refractivity contribution in [3.63, 3.8) is 0 Å². The Morgan fingerprint density at radius 2 is 1.63 bits per heavy atom. The summed E-state index contributed by atoms with van der Waals surface area (Å²) in [7, 11) is -4.49. The lowest BCUT2D eigenvalue weighted by atomic mass is 10.2. The first-order valence-corrected chi connectivity index (χ1v) is 8.24. The van der Waals surface area contributed by atoms with E-state index < -0.39 is 13.3 Å². The van der Waals surface area contributed by atoms with Crippen LogP contribution in [0.25, 0.3) is 0 Å². The van der Waals surface area contributed by atoms with E-state index in [4.69, 9.17) is 0 Å². The highest BCUT2D eigenvalue weighted by Gasteiger charge is 2.52. The Bertz CT molecular complexity index is 338. The quantitative estimate of drug-likeness (QED) is 0.347. The summed E-state index contributed by atoms with van der Waals surface area (Å²) in [5, 5.41) is 0. The summed E-state index contributed by atoms with van der Waals surface area (Å²) in [4.78, 5) is 0. The third-order valence-corrected chi connectivity index (χ3v) is 4.33. The van der Waals surface area contributed by atoms with Crippen LogP contribution in [-0.4, -0.2) is 18.9 Å². The highest BCUT2D eigenvalue weighted by atomic mass is 31.2. The fraction of sp³-hybridized carbons (Fsp3) is 0.846. The van der Waals surface area contributed by atoms with E-state index in [1.165, 1.54) is 13.8 Å². The lowest BCUT2D eigenvalue weighted by molar-refractivity contribution is 0.0869. The predicted octanol–water partition coefficient (Wildman–Crippen LogP) is 4.82. The molecular formula is C13H23F2O3P. The molecule has 0 fully saturated rings. The van der Waals surface area contributed by atoms with Gasteiger partial charge in [0.2, 0.25) is 0 Å². The van der Waals surface area contributed by atoms with Crippen molar-refractivity contribution in [1.82, 2.24) is 0 Å². The molecule has 0 rings (SSSR count). The lowest BCUT2D eigenvalue weighted by Gasteiger charge is -2.21. The molecule has 0 saturated carbocycles. The lowest BCUT2D eigenvalue weighted by Crippen LogP contribution is -2.18. The summed E-state index contributed by atoms with van der Waals surface area (Å²) in [6.45, 7) is 4.83. The van der Waals surface area contributed by atoms with Crippen LogP contribution in [0.1, 0.15) is 52.9 Å². The van der Waals surface area contributed by atoms with Gasteiger partial charge >= 0.3 is 13.3 Å². The molecule has 0 aliphatic rings. The summed E-state index contributed by atoms with van der Waals surface area (Å²) in [6.07, 6.45) is 4.24. The number of hydrogen-bond donors (Lipinski definition) is 0. The molecule has 0 heterocycles. The van der Waals surface area contributed by atoms with Gasteiger partial charge in [-0.05, 0) is 26.2 Å². The molecule has 0 aromatic rings. The maximum absolute atomic E-state index is 13.7. The van der Waals surface area contributed by atoms with E-state index in [-0.39, 0.29) is 13.2 Å². The van der Waals surface area contributed by atoms with E-state index in [1.807, 2.05) is 0 Å². The molecule has 0 saturated heterocycles. The van der Waals surface area contributed by atoms with Gasteiger partial charge in [-0.15, -0.1) is 0 Å². The zero-order chi connectivity index (χ0) is 14.8. The highest BCUT2D eigenvalue weighted by Crippen LogP contribution is 2.61. The van der Waals surface area contributed by atoms with Gasteiger partial charge in [0.05, 0.1) is 13.2 Å². The van der Waals surface area contributed by atoms with Crippen LogP contribution in [0.3, 0.4) is 0 Å². The third-order valence-electron chi connectivity index (χ3n) is 2.34. The van der Waals surface area contributed by atoms with E-state index in [9.17, 15) is 13.3 Å². The molecule has 19 heavy (non-hydrogen) atoms. The van der Waals surface area contributed by atoms with Crippen molar-refractivity contribution in [3.8, 4) is 11.8 Å². The molecular weight excluding hydrogens is 273 g/mol. The molecule has 112 valence electrons. The van der Waals surface area contributed by atoms with Gasteiger partial charge in [-0.25, -0.2) is 0 Å². The van der Waals surface area contributed by atoms with Crippen LogP contribution in [0.15, 0.2) is 0 Å². The van der Waals surface area contributed by atoms with Gasteiger partial charge in [0.15, 0.2) is 0 Å². The van der Waals surface area contributed by atoms with Crippen molar-refractivity contribution in [3.05, 3.63) is 0 Å². The predicted molar refractivity (Wildman–Crippen MR) is 72.3 cm³/mol. The van der Waals surface area contributed by atoms with Gasteiger partial charge in [-0.1, -0.05) is 32.1 Å². The van der Waals surface area contributed by atoms with Gasteiger partial charge < -0.3 is 9.05 Å². The fourth-order valence-corrected chi connectivity index (χ4v) is 2.71. The maximum atomic E-state index is 13.7. The maximum Gasteiger partial charge on any atom is 0.412 e. The van der Waals surface area contributed by atoms with E-state index in [0.717, 1.165) is 25.7 Å². The van der Waals surface area contributed by atoms with Gasteiger partial charge in [-0.3, -0.25) is 4.57 Å². The van der Waals surface area contributed by atoms with Crippen molar-refractivity contribution in [2.45, 2.75) is 58.5 Å². The SMILES string of the molecule is CCCCCCC#CC(F)(F)P(=O)(OCC)OCC. The zero-order valence-electron chi connectivity index (χ0n) is 11.9. The number of alkyl halides is 2. The Labute approximate surface area is 114 Å². The van der Waals surface area contributed by atoms with Crippen LogP contribution >= 0.6 is 7.60 Å². The average Bonchev–Trinajstić information content (AvgIpc) is 2.34. The molecule has 0 radical (unpaired) electrons. The van der Waals surface area contributed by atoms with Gasteiger partial charge in [0.25, 0.3) is 0 Å². The molecule has 0 aromatic heterocycles. The van der Waals surface area contributed by atoms with E-state index in [2.05, 4.69) is 21.9 Å². The summed E-state index contributed by atoms with van der Waals surface area (Å²) in [6, 6.07) is 0. The van der Waals surface area contributed by atoms with Gasteiger partial charge in [0.1, 0.15) is 0 Å². The Morgan fingerprint density at radius 3 is 2.11 bits per heavy atom. The van der Waals surface area contributed by atoms with Crippen LogP contribution in [0, 0.1) is 11.8 Å². The molecule has 0 bridgehead atoms. The summed E-state index contributed by atoms with van der Waals surface area (Å²) in [5.74, 6) is 4.12. The number of hydrogen-bond acceptors (Lipinski definition) is 3. The van der Waals surface area contributed by atoms with Crippen molar-refractivity contribution in [2.75, 3.05) is 13.2 Å². The molecule has 0 N–H and O–H groups in total. The van der Waals surface area contributed by atoms with Crippen LogP contribution in [0.5, 0.6) is 0 Å². The Balaban J connectivity index is 4.56. The van der Waals surface area contributed by atoms with Crippen LogP contribution in [0.4, 0.5) is 8.78 Å². The topological polar surface area (TPSA) is 35.5 Å². The van der Waals surface area contributed by atoms with Crippen molar-refractivity contribution >= 4 is 7.60 Å². The summed E-state index contributed by atoms with van der Waals surface area (Å²) in [5.41, 5.74) is -3.75. The molecule has 0 atom stereocenters. The van der Waals surface area contributed by atoms with Crippen LogP contribution in [-0.2, 0) is 13.6 Å². The molecule has 0 aromatic carbocycles. The van der Waals surface area contributed by atoms with Gasteiger partial charge in [-0.2, -0.15) is 8.78 Å². The highest BCUT2D eigenvalue weighted by molar-refractivity contribution is 7.55. The van der Waals surface area contributed by atoms with Crippen molar-refractivity contribution < 1.29 is 22.4 Å². The second-order valence-corrected chi connectivity index (χ2v) is 6.06. The first-order chi connectivity index (χ1) is 8.93. The normalized spacial score (nSPS) is 12.1. The molecule has 6 heteroatoms. The number of rotatable bonds is 9. The Morgan fingerprint density at radius 1 is 1.05 bits per heavy atom. The second kappa shape index (κ2) is 9.47. The molecule has 0 spiro atoms.